The Morgan fingerprint density at radius 1 is 0.712 bits per heavy atom. The van der Waals surface area contributed by atoms with Crippen molar-refractivity contribution >= 4 is 23.0 Å². The summed E-state index contributed by atoms with van der Waals surface area (Å²) in [4.78, 5) is 79.5. The average molecular weight is 925 g/mol. The van der Waals surface area contributed by atoms with Crippen LogP contribution in [-0.2, 0) is 24.1 Å². The molecule has 0 spiro atoms. The van der Waals surface area contributed by atoms with Gasteiger partial charge in [-0.3, -0.25) is 28.8 Å². The monoisotopic (exact) mass is 924 g/mol. The molecule has 2 bridgehead atoms. The predicted octanol–water partition coefficient (Wildman–Crippen LogP) is 5.61. The molecule has 2 saturated carbocycles. The highest BCUT2D eigenvalue weighted by Crippen LogP contribution is 2.39. The Kier molecular flexibility index (Phi) is 12.8. The molecule has 2 aliphatic heterocycles. The minimum atomic E-state index is -1.12. The first kappa shape index (κ1) is 46.0. The third-order valence-corrected chi connectivity index (χ3v) is 12.7. The lowest BCUT2D eigenvalue weighted by atomic mass is 10.0. The maximum Gasteiger partial charge on any atom is 0.279 e. The second-order valence-corrected chi connectivity index (χ2v) is 16.6. The summed E-state index contributed by atoms with van der Waals surface area (Å²) in [5, 5.41) is 9.79. The van der Waals surface area contributed by atoms with E-state index in [-0.39, 0.29) is 83.7 Å². The predicted molar refractivity (Wildman–Crippen MR) is 221 cm³/mol. The molecular weight excluding hydrogens is 883 g/mol. The van der Waals surface area contributed by atoms with Gasteiger partial charge in [-0.25, -0.2) is 26.3 Å². The molecule has 4 aliphatic rings. The number of pyridine rings is 2. The number of hydrogen-bond acceptors (Lipinski definition) is 10. The van der Waals surface area contributed by atoms with Crippen molar-refractivity contribution in [1.29, 1.82) is 0 Å². The van der Waals surface area contributed by atoms with E-state index in [2.05, 4.69) is 0 Å². The molecule has 1 saturated heterocycles. The number of halogens is 6. The number of fused-ring (bicyclic) bond motifs is 6. The molecular formula is C46H42F6N4O10. The first-order valence-corrected chi connectivity index (χ1v) is 21.1. The molecule has 14 nitrogen and oxygen atoms in total. The van der Waals surface area contributed by atoms with Gasteiger partial charge in [0.1, 0.15) is 34.9 Å². The van der Waals surface area contributed by atoms with E-state index in [1.165, 1.54) is 52.5 Å². The molecule has 1 N–H and O–H groups in total. The maximum atomic E-state index is 13.9. The van der Waals surface area contributed by atoms with E-state index in [0.717, 1.165) is 19.3 Å². The highest BCUT2D eigenvalue weighted by molar-refractivity contribution is 6.00. The van der Waals surface area contributed by atoms with Gasteiger partial charge in [-0.1, -0.05) is 0 Å². The molecule has 0 radical (unpaired) electrons. The van der Waals surface area contributed by atoms with Crippen molar-refractivity contribution in [2.24, 2.45) is 0 Å². The van der Waals surface area contributed by atoms with E-state index in [0.29, 0.717) is 43.5 Å². The van der Waals surface area contributed by atoms with Gasteiger partial charge in [0, 0.05) is 85.1 Å². The number of methoxy groups -OCH3 is 2. The summed E-state index contributed by atoms with van der Waals surface area (Å²) in [5.74, 6) is -8.91. The van der Waals surface area contributed by atoms with Gasteiger partial charge in [0.2, 0.25) is 10.9 Å². The van der Waals surface area contributed by atoms with Crippen LogP contribution >= 0.6 is 0 Å². The van der Waals surface area contributed by atoms with Crippen LogP contribution in [0.15, 0.2) is 63.4 Å². The van der Waals surface area contributed by atoms with E-state index in [1.54, 1.807) is 4.90 Å². The summed E-state index contributed by atoms with van der Waals surface area (Å²) in [6.45, 7) is 0.228. The molecule has 9 rings (SSSR count). The lowest BCUT2D eigenvalue weighted by Crippen LogP contribution is -2.57. The maximum absolute atomic E-state index is 13.9. The number of aliphatic hydroxyl groups excluding tert-OH is 1. The number of ketones is 2. The number of Topliss-reactive ketones (excluding diaryl/α,β-unsaturated/α-hetero) is 2. The van der Waals surface area contributed by atoms with Gasteiger partial charge in [-0.05, 0) is 51.4 Å². The van der Waals surface area contributed by atoms with Crippen molar-refractivity contribution in [3.63, 3.8) is 0 Å². The van der Waals surface area contributed by atoms with Crippen molar-refractivity contribution < 1.29 is 60.0 Å². The Balaban J connectivity index is 0.000000179. The summed E-state index contributed by atoms with van der Waals surface area (Å²) in [5.41, 5.74) is -3.53. The second-order valence-electron chi connectivity index (χ2n) is 16.6. The van der Waals surface area contributed by atoms with Crippen molar-refractivity contribution in [1.82, 2.24) is 18.4 Å². The third kappa shape index (κ3) is 8.54. The SMILES string of the molecule is COc1c(=O)c(C(=O)CCc2c(F)cc(F)cc2F)cn2ccn([C@H]3CC[C@@H](O)C3)c(=O)c12.COc1c2n(cc(C(=O)CCc3c(F)cc(F)cc3F)c1=O)C[C@@H]1O[C@@H]3CC[C@@H](C3)N1C2=O. The zero-order chi connectivity index (χ0) is 47.3. The molecule has 3 aromatic heterocycles. The Hall–Kier alpha value is -6.54. The van der Waals surface area contributed by atoms with E-state index in [9.17, 15) is 60.2 Å². The Morgan fingerprint density at radius 3 is 1.80 bits per heavy atom. The molecule has 5 heterocycles. The van der Waals surface area contributed by atoms with Gasteiger partial charge in [-0.2, -0.15) is 0 Å². The average Bonchev–Trinajstić information content (AvgIpc) is 3.87. The molecule has 3 fully saturated rings. The van der Waals surface area contributed by atoms with Crippen molar-refractivity contribution in [2.45, 2.75) is 101 Å². The molecule has 2 aromatic carbocycles. The number of hydrogen-bond donors (Lipinski definition) is 1. The van der Waals surface area contributed by atoms with Crippen LogP contribution in [0.2, 0.25) is 0 Å². The van der Waals surface area contributed by atoms with Crippen LogP contribution < -0.4 is 25.9 Å². The number of aromatic nitrogens is 3. The number of aliphatic hydroxyl groups is 1. The van der Waals surface area contributed by atoms with E-state index in [4.69, 9.17) is 14.2 Å². The Bertz CT molecular complexity index is 2940. The molecule has 1 amide bonds. The van der Waals surface area contributed by atoms with Crippen molar-refractivity contribution in [3.8, 4) is 11.5 Å². The lowest BCUT2D eigenvalue weighted by molar-refractivity contribution is -0.132. The highest BCUT2D eigenvalue weighted by atomic mass is 19.2. The summed E-state index contributed by atoms with van der Waals surface area (Å²) < 4.78 is 102. The zero-order valence-corrected chi connectivity index (χ0v) is 35.5. The van der Waals surface area contributed by atoms with Crippen molar-refractivity contribution in [3.05, 3.63) is 143 Å². The van der Waals surface area contributed by atoms with Crippen LogP contribution in [0.1, 0.15) is 99.7 Å². The van der Waals surface area contributed by atoms with Gasteiger partial charge >= 0.3 is 0 Å². The number of ether oxygens (including phenoxy) is 3. The number of nitrogens with zero attached hydrogens (tertiary/aromatic N) is 4. The first-order valence-electron chi connectivity index (χ1n) is 21.1. The van der Waals surface area contributed by atoms with Crippen LogP contribution in [0.3, 0.4) is 0 Å². The fraction of sp³-hybridized carbons (Fsp3) is 0.391. The fourth-order valence-corrected chi connectivity index (χ4v) is 9.43. The van der Waals surface area contributed by atoms with Crippen molar-refractivity contribution in [2.75, 3.05) is 14.2 Å². The van der Waals surface area contributed by atoms with Gasteiger partial charge in [0.15, 0.2) is 40.5 Å². The minimum absolute atomic E-state index is 0.0385. The fourth-order valence-electron chi connectivity index (χ4n) is 9.43. The highest BCUT2D eigenvalue weighted by Gasteiger charge is 2.48. The van der Waals surface area contributed by atoms with E-state index >= 15 is 0 Å². The van der Waals surface area contributed by atoms with Crippen LogP contribution in [0.25, 0.3) is 5.52 Å². The van der Waals surface area contributed by atoms with Gasteiger partial charge in [0.25, 0.3) is 11.5 Å². The zero-order valence-electron chi connectivity index (χ0n) is 35.5. The topological polar surface area (TPSA) is 168 Å². The molecule has 0 unspecified atom stereocenters. The lowest BCUT2D eigenvalue weighted by Gasteiger charge is -2.44. The normalized spacial score (nSPS) is 20.7. The summed E-state index contributed by atoms with van der Waals surface area (Å²) >= 11 is 0. The molecule has 5 aromatic rings. The smallest absolute Gasteiger partial charge is 0.279 e. The standard InChI is InChI=1S/2C23H21F3N2O5/c1-32-22-20-23(31)28-12-2-3-13(8-12)33-19(28)10-27(20)9-15(21(22)30)18(29)5-4-14-16(25)6-11(24)7-17(14)26;1-33-22-20-23(32)28(13-2-3-14(29)10-13)7-6-27(20)11-16(21(22)31)19(30)5-4-15-17(25)8-12(24)9-18(15)26/h6-7,9,12-13,19H,2-5,8,10H2,1H3;6-9,11,13-14,29H,2-5,10H2,1H3/t12-,13+,19-;13-,14+/m00/s1. The minimum Gasteiger partial charge on any atom is -0.491 e. The Morgan fingerprint density at radius 2 is 1.26 bits per heavy atom. The largest absolute Gasteiger partial charge is 0.491 e. The summed E-state index contributed by atoms with van der Waals surface area (Å²) in [7, 11) is 2.44. The number of benzene rings is 2. The van der Waals surface area contributed by atoms with Gasteiger partial charge in [0.05, 0.1) is 44.1 Å². The second kappa shape index (κ2) is 18.4. The van der Waals surface area contributed by atoms with Crippen LogP contribution in [0.5, 0.6) is 11.5 Å². The summed E-state index contributed by atoms with van der Waals surface area (Å²) in [6.07, 6.45) is 7.03. The van der Waals surface area contributed by atoms with Gasteiger partial charge in [-0.15, -0.1) is 0 Å². The molecule has 348 valence electrons. The molecule has 66 heavy (non-hydrogen) atoms. The van der Waals surface area contributed by atoms with Crippen LogP contribution in [-0.4, -0.2) is 79.7 Å². The number of carbonyl (C=O) groups is 3. The molecule has 20 heteroatoms. The third-order valence-electron chi connectivity index (χ3n) is 12.7. The molecule has 2 aliphatic carbocycles. The number of amides is 1. The van der Waals surface area contributed by atoms with E-state index < -0.39 is 92.8 Å². The van der Waals surface area contributed by atoms with Gasteiger partial charge < -0.3 is 37.8 Å². The summed E-state index contributed by atoms with van der Waals surface area (Å²) in [6, 6.07) is 1.93. The van der Waals surface area contributed by atoms with Crippen LogP contribution in [0.4, 0.5) is 26.3 Å². The quantitative estimate of drug-likeness (QED) is 0.130. The number of rotatable bonds is 11. The van der Waals surface area contributed by atoms with Crippen LogP contribution in [0, 0.1) is 34.9 Å². The van der Waals surface area contributed by atoms with E-state index in [1.807, 2.05) is 0 Å². The number of carbonyl (C=O) groups excluding carboxylic acids is 3. The first-order chi connectivity index (χ1) is 31.5. The molecule has 5 atom stereocenters. The Labute approximate surface area is 370 Å².